The Labute approximate surface area is 282 Å². The molecule has 1 heterocycles. The lowest BCUT2D eigenvalue weighted by molar-refractivity contribution is -0.115. The molecule has 0 aliphatic carbocycles. The van der Waals surface area contributed by atoms with Crippen LogP contribution in [0.1, 0.15) is 29.8 Å². The number of hydrogen-bond acceptors (Lipinski definition) is 8. The Balaban J connectivity index is 1.27. The molecule has 240 valence electrons. The van der Waals surface area contributed by atoms with E-state index in [9.17, 15) is 14.4 Å². The van der Waals surface area contributed by atoms with Crippen LogP contribution in [0.4, 0.5) is 16.5 Å². The van der Waals surface area contributed by atoms with Gasteiger partial charge in [0, 0.05) is 35.9 Å². The van der Waals surface area contributed by atoms with Gasteiger partial charge < -0.3 is 25.6 Å². The molecular weight excluding hydrogens is 631 g/mol. The standard InChI is InChI=1S/C36H35N5O4S2/c1-5-45-28-18-19-30-32(22-28)47-36(39-30)40-33(42)23(2)46-29-13-9-12-26(21-29)37-35(44)31(38-34(43)25-10-7-6-8-11-25)20-24-14-16-27(17-15-24)41(3)4/h6-23H,5H2,1-4H3,(H,37,44)(H,38,43)(H,39,40,42)/b31-20+. The zero-order valence-corrected chi connectivity index (χ0v) is 28.1. The summed E-state index contributed by atoms with van der Waals surface area (Å²) in [7, 11) is 3.90. The monoisotopic (exact) mass is 665 g/mol. The number of benzene rings is 4. The van der Waals surface area contributed by atoms with E-state index in [1.165, 1.54) is 23.1 Å². The van der Waals surface area contributed by atoms with E-state index in [2.05, 4.69) is 20.9 Å². The summed E-state index contributed by atoms with van der Waals surface area (Å²) >= 11 is 2.74. The van der Waals surface area contributed by atoms with Crippen molar-refractivity contribution in [2.45, 2.75) is 24.0 Å². The van der Waals surface area contributed by atoms with Crippen molar-refractivity contribution in [3.05, 3.63) is 114 Å². The van der Waals surface area contributed by atoms with E-state index in [-0.39, 0.29) is 11.6 Å². The maximum atomic E-state index is 13.5. The summed E-state index contributed by atoms with van der Waals surface area (Å²) in [6.07, 6.45) is 1.64. The topological polar surface area (TPSA) is 113 Å². The number of carbonyl (C=O) groups is 3. The zero-order chi connectivity index (χ0) is 33.3. The number of thiazole rings is 1. The van der Waals surface area contributed by atoms with Crippen LogP contribution < -0.4 is 25.6 Å². The number of amides is 3. The van der Waals surface area contributed by atoms with Crippen LogP contribution in [0.2, 0.25) is 0 Å². The Morgan fingerprint density at radius 1 is 0.936 bits per heavy atom. The van der Waals surface area contributed by atoms with Gasteiger partial charge in [0.15, 0.2) is 5.13 Å². The first-order valence-electron chi connectivity index (χ1n) is 15.0. The van der Waals surface area contributed by atoms with Crippen LogP contribution in [0.5, 0.6) is 5.75 Å². The first-order valence-corrected chi connectivity index (χ1v) is 16.7. The summed E-state index contributed by atoms with van der Waals surface area (Å²) in [5.41, 5.74) is 3.59. The van der Waals surface area contributed by atoms with Crippen molar-refractivity contribution in [1.82, 2.24) is 10.3 Å². The van der Waals surface area contributed by atoms with Gasteiger partial charge in [0.1, 0.15) is 11.4 Å². The van der Waals surface area contributed by atoms with Gasteiger partial charge in [0.2, 0.25) is 5.91 Å². The summed E-state index contributed by atoms with van der Waals surface area (Å²) in [6.45, 7) is 4.31. The minimum atomic E-state index is -0.484. The molecule has 0 spiro atoms. The zero-order valence-electron chi connectivity index (χ0n) is 26.4. The maximum absolute atomic E-state index is 13.5. The molecule has 0 saturated carbocycles. The summed E-state index contributed by atoms with van der Waals surface area (Å²) in [6, 6.07) is 29.2. The highest BCUT2D eigenvalue weighted by Gasteiger charge is 2.19. The number of rotatable bonds is 12. The Hall–Kier alpha value is -5.13. The molecular formula is C36H35N5O4S2. The highest BCUT2D eigenvalue weighted by molar-refractivity contribution is 8.00. The number of aromatic nitrogens is 1. The molecule has 1 aromatic heterocycles. The lowest BCUT2D eigenvalue weighted by Gasteiger charge is -2.14. The molecule has 0 fully saturated rings. The Bertz CT molecular complexity index is 1910. The van der Waals surface area contributed by atoms with Crippen LogP contribution in [0.3, 0.4) is 0 Å². The third-order valence-corrected chi connectivity index (χ3v) is 8.95. The second-order valence-corrected chi connectivity index (χ2v) is 13.1. The van der Waals surface area contributed by atoms with Gasteiger partial charge in [0.05, 0.1) is 22.1 Å². The molecule has 0 aliphatic rings. The Morgan fingerprint density at radius 3 is 2.43 bits per heavy atom. The molecule has 1 unspecified atom stereocenters. The average Bonchev–Trinajstić information content (AvgIpc) is 3.46. The van der Waals surface area contributed by atoms with Gasteiger partial charge in [-0.3, -0.25) is 14.4 Å². The largest absolute Gasteiger partial charge is 0.494 e. The molecule has 47 heavy (non-hydrogen) atoms. The summed E-state index contributed by atoms with van der Waals surface area (Å²) in [4.78, 5) is 46.9. The lowest BCUT2D eigenvalue weighted by Crippen LogP contribution is -2.30. The van der Waals surface area contributed by atoms with Crippen LogP contribution in [0.25, 0.3) is 16.3 Å². The minimum Gasteiger partial charge on any atom is -0.494 e. The second-order valence-electron chi connectivity index (χ2n) is 10.7. The number of nitrogens with one attached hydrogen (secondary N) is 3. The number of nitrogens with zero attached hydrogens (tertiary/aromatic N) is 2. The van der Waals surface area contributed by atoms with E-state index in [1.54, 1.807) is 48.5 Å². The van der Waals surface area contributed by atoms with Gasteiger partial charge >= 0.3 is 0 Å². The fraction of sp³-hybridized carbons (Fsp3) is 0.167. The molecule has 1 atom stereocenters. The van der Waals surface area contributed by atoms with Crippen molar-refractivity contribution < 1.29 is 19.1 Å². The van der Waals surface area contributed by atoms with Gasteiger partial charge in [-0.15, -0.1) is 11.8 Å². The fourth-order valence-electron chi connectivity index (χ4n) is 4.50. The third-order valence-electron chi connectivity index (χ3n) is 6.92. The SMILES string of the molecule is CCOc1ccc2nc(NC(=O)C(C)Sc3cccc(NC(=O)/C(=C\c4ccc(N(C)C)cc4)NC(=O)c4ccccc4)c3)sc2c1. The number of carbonyl (C=O) groups excluding carboxylic acids is 3. The predicted molar refractivity (Wildman–Crippen MR) is 192 cm³/mol. The Morgan fingerprint density at radius 2 is 1.70 bits per heavy atom. The Kier molecular flexibility index (Phi) is 10.9. The molecule has 0 bridgehead atoms. The second kappa shape index (κ2) is 15.4. The molecule has 5 aromatic rings. The number of hydrogen-bond donors (Lipinski definition) is 3. The molecule has 9 nitrogen and oxygen atoms in total. The van der Waals surface area contributed by atoms with E-state index in [0.29, 0.717) is 23.0 Å². The van der Waals surface area contributed by atoms with Crippen molar-refractivity contribution in [2.24, 2.45) is 0 Å². The summed E-state index contributed by atoms with van der Waals surface area (Å²) in [5, 5.41) is 8.65. The van der Waals surface area contributed by atoms with E-state index >= 15 is 0 Å². The van der Waals surface area contributed by atoms with E-state index in [4.69, 9.17) is 4.74 Å². The first-order chi connectivity index (χ1) is 22.7. The molecule has 5 rings (SSSR count). The van der Waals surface area contributed by atoms with E-state index < -0.39 is 17.1 Å². The van der Waals surface area contributed by atoms with Crippen molar-refractivity contribution in [3.63, 3.8) is 0 Å². The number of ether oxygens (including phenoxy) is 1. The van der Waals surface area contributed by atoms with Gasteiger partial charge in [-0.2, -0.15) is 0 Å². The lowest BCUT2D eigenvalue weighted by atomic mass is 10.1. The van der Waals surface area contributed by atoms with Gasteiger partial charge in [-0.25, -0.2) is 4.98 Å². The molecule has 3 amide bonds. The normalized spacial score (nSPS) is 11.9. The van der Waals surface area contributed by atoms with Crippen LogP contribution in [-0.2, 0) is 9.59 Å². The summed E-state index contributed by atoms with van der Waals surface area (Å²) < 4.78 is 6.49. The minimum absolute atomic E-state index is 0.0893. The van der Waals surface area contributed by atoms with Gasteiger partial charge in [-0.05, 0) is 86.2 Å². The quantitative estimate of drug-likeness (QED) is 0.0948. The van der Waals surface area contributed by atoms with Crippen LogP contribution in [0, 0.1) is 0 Å². The van der Waals surface area contributed by atoms with Crippen molar-refractivity contribution >= 4 is 73.6 Å². The molecule has 3 N–H and O–H groups in total. The molecule has 0 radical (unpaired) electrons. The third kappa shape index (κ3) is 8.99. The summed E-state index contributed by atoms with van der Waals surface area (Å²) in [5.74, 6) is -0.314. The van der Waals surface area contributed by atoms with Crippen molar-refractivity contribution in [1.29, 1.82) is 0 Å². The predicted octanol–water partition coefficient (Wildman–Crippen LogP) is 7.29. The molecule has 0 saturated heterocycles. The van der Waals surface area contributed by atoms with Crippen LogP contribution in [-0.4, -0.2) is 48.7 Å². The van der Waals surface area contributed by atoms with Crippen LogP contribution >= 0.6 is 23.1 Å². The molecule has 11 heteroatoms. The average molecular weight is 666 g/mol. The van der Waals surface area contributed by atoms with E-state index in [1.807, 2.05) is 87.4 Å². The maximum Gasteiger partial charge on any atom is 0.272 e. The molecule has 4 aromatic carbocycles. The van der Waals surface area contributed by atoms with Gasteiger partial charge in [-0.1, -0.05) is 47.7 Å². The van der Waals surface area contributed by atoms with E-state index in [0.717, 1.165) is 32.1 Å². The van der Waals surface area contributed by atoms with Crippen molar-refractivity contribution in [2.75, 3.05) is 36.2 Å². The number of thioether (sulfide) groups is 1. The number of fused-ring (bicyclic) bond motifs is 1. The van der Waals surface area contributed by atoms with Crippen LogP contribution in [0.15, 0.2) is 108 Å². The van der Waals surface area contributed by atoms with Crippen molar-refractivity contribution in [3.8, 4) is 5.75 Å². The smallest absolute Gasteiger partial charge is 0.272 e. The first kappa shape index (κ1) is 33.2. The molecule has 0 aliphatic heterocycles. The highest BCUT2D eigenvalue weighted by atomic mass is 32.2. The fourth-order valence-corrected chi connectivity index (χ4v) is 6.33. The number of anilines is 3. The highest BCUT2D eigenvalue weighted by Crippen LogP contribution is 2.31. The van der Waals surface area contributed by atoms with Gasteiger partial charge in [0.25, 0.3) is 11.8 Å².